The summed E-state index contributed by atoms with van der Waals surface area (Å²) in [5.74, 6) is 0.102. The first-order valence-corrected chi connectivity index (χ1v) is 14.4. The number of sulfone groups is 1. The topological polar surface area (TPSA) is 115 Å². The Bertz CT molecular complexity index is 1120. The van der Waals surface area contributed by atoms with E-state index in [9.17, 15) is 26.4 Å². The number of carbonyl (C=O) groups excluding carboxylic acids is 2. The summed E-state index contributed by atoms with van der Waals surface area (Å²) in [4.78, 5) is 30.1. The van der Waals surface area contributed by atoms with Crippen LogP contribution in [0, 0.1) is 0 Å². The molecule has 0 radical (unpaired) electrons. The summed E-state index contributed by atoms with van der Waals surface area (Å²) in [6.45, 7) is 4.75. The Morgan fingerprint density at radius 3 is 2.15 bits per heavy atom. The lowest BCUT2D eigenvalue weighted by Gasteiger charge is -2.37. The molecule has 0 saturated carbocycles. The van der Waals surface area contributed by atoms with Gasteiger partial charge >= 0.3 is 0 Å². The molecular formula is C21H30N4O6S2. The molecule has 1 atom stereocenters. The fourth-order valence-electron chi connectivity index (χ4n) is 4.72. The molecule has 33 heavy (non-hydrogen) atoms. The average Bonchev–Trinajstić information content (AvgIpc) is 3.18. The Labute approximate surface area is 195 Å². The lowest BCUT2D eigenvalue weighted by atomic mass is 10.1. The monoisotopic (exact) mass is 498 g/mol. The van der Waals surface area contributed by atoms with Crippen molar-refractivity contribution in [2.45, 2.75) is 24.3 Å². The minimum atomic E-state index is -3.77. The Morgan fingerprint density at radius 2 is 1.58 bits per heavy atom. The van der Waals surface area contributed by atoms with Gasteiger partial charge in [-0.1, -0.05) is 6.07 Å². The fourth-order valence-corrected chi connectivity index (χ4v) is 7.95. The lowest BCUT2D eigenvalue weighted by molar-refractivity contribution is -0.129. The van der Waals surface area contributed by atoms with Gasteiger partial charge in [0.05, 0.1) is 16.4 Å². The number of carbonyl (C=O) groups is 2. The van der Waals surface area contributed by atoms with Crippen LogP contribution in [-0.4, -0.2) is 118 Å². The minimum absolute atomic E-state index is 0.0178. The lowest BCUT2D eigenvalue weighted by Crippen LogP contribution is -2.52. The molecule has 0 spiro atoms. The summed E-state index contributed by atoms with van der Waals surface area (Å²) in [7, 11) is -6.72. The van der Waals surface area contributed by atoms with E-state index < -0.39 is 19.9 Å². The normalized spacial score (nSPS) is 24.7. The van der Waals surface area contributed by atoms with Crippen molar-refractivity contribution < 1.29 is 26.4 Å². The molecule has 0 aliphatic carbocycles. The summed E-state index contributed by atoms with van der Waals surface area (Å²) in [5, 5.41) is 0. The molecule has 0 N–H and O–H groups in total. The van der Waals surface area contributed by atoms with Crippen LogP contribution in [-0.2, 0) is 24.7 Å². The Hall–Kier alpha value is -2.02. The molecule has 12 heteroatoms. The molecule has 3 aliphatic heterocycles. The van der Waals surface area contributed by atoms with Gasteiger partial charge in [-0.3, -0.25) is 14.5 Å². The van der Waals surface area contributed by atoms with Crippen LogP contribution in [0.4, 0.5) is 0 Å². The third-order valence-electron chi connectivity index (χ3n) is 6.73. The fraction of sp³-hybridized carbons (Fsp3) is 0.619. The van der Waals surface area contributed by atoms with E-state index in [4.69, 9.17) is 0 Å². The van der Waals surface area contributed by atoms with Gasteiger partial charge in [-0.2, -0.15) is 4.31 Å². The van der Waals surface area contributed by atoms with Gasteiger partial charge in [-0.25, -0.2) is 16.8 Å². The zero-order chi connectivity index (χ0) is 23.8. The van der Waals surface area contributed by atoms with E-state index in [0.717, 1.165) is 0 Å². The van der Waals surface area contributed by atoms with Crippen molar-refractivity contribution in [2.24, 2.45) is 0 Å². The molecule has 1 aromatic rings. The van der Waals surface area contributed by atoms with Crippen molar-refractivity contribution in [3.8, 4) is 0 Å². The van der Waals surface area contributed by atoms with E-state index >= 15 is 0 Å². The standard InChI is InChI=1S/C21H30N4O6S2/c1-17(26)22-10-12-25(13-11-22)33(30,31)20-4-2-3-18(15-20)21(27)24-8-6-23(7-9-24)19-5-14-32(28,29)16-19/h2-4,15,19H,5-14,16H2,1H3/t19-/m0/s1. The highest BCUT2D eigenvalue weighted by Gasteiger charge is 2.35. The van der Waals surface area contributed by atoms with Gasteiger partial charge in [-0.15, -0.1) is 0 Å². The quantitative estimate of drug-likeness (QED) is 0.549. The van der Waals surface area contributed by atoms with Crippen LogP contribution in [0.5, 0.6) is 0 Å². The Kier molecular flexibility index (Phi) is 6.81. The molecule has 10 nitrogen and oxygen atoms in total. The molecule has 3 fully saturated rings. The predicted molar refractivity (Wildman–Crippen MR) is 122 cm³/mol. The number of benzene rings is 1. The Morgan fingerprint density at radius 1 is 0.939 bits per heavy atom. The first-order chi connectivity index (χ1) is 15.6. The van der Waals surface area contributed by atoms with E-state index in [2.05, 4.69) is 4.90 Å². The van der Waals surface area contributed by atoms with E-state index in [-0.39, 0.29) is 47.3 Å². The SMILES string of the molecule is CC(=O)N1CCN(S(=O)(=O)c2cccc(C(=O)N3CCN([C@H]4CCS(=O)(=O)C4)CC3)c2)CC1. The highest BCUT2D eigenvalue weighted by atomic mass is 32.2. The summed E-state index contributed by atoms with van der Waals surface area (Å²) >= 11 is 0. The second kappa shape index (κ2) is 9.32. The van der Waals surface area contributed by atoms with E-state index in [1.165, 1.54) is 23.4 Å². The largest absolute Gasteiger partial charge is 0.340 e. The summed E-state index contributed by atoms with van der Waals surface area (Å²) in [6.07, 6.45) is 0.636. The molecule has 4 rings (SSSR count). The van der Waals surface area contributed by atoms with E-state index in [1.54, 1.807) is 21.9 Å². The van der Waals surface area contributed by atoms with E-state index in [1.807, 2.05) is 0 Å². The number of hydrogen-bond acceptors (Lipinski definition) is 7. The van der Waals surface area contributed by atoms with Crippen molar-refractivity contribution in [3.63, 3.8) is 0 Å². The molecular weight excluding hydrogens is 468 g/mol. The van der Waals surface area contributed by atoms with Gasteiger partial charge in [-0.05, 0) is 24.6 Å². The van der Waals surface area contributed by atoms with Gasteiger partial charge in [0.25, 0.3) is 5.91 Å². The molecule has 3 saturated heterocycles. The third kappa shape index (κ3) is 5.23. The van der Waals surface area contributed by atoms with Crippen LogP contribution >= 0.6 is 0 Å². The maximum atomic E-state index is 13.1. The number of sulfonamides is 1. The van der Waals surface area contributed by atoms with Crippen molar-refractivity contribution in [1.29, 1.82) is 0 Å². The van der Waals surface area contributed by atoms with Gasteiger partial charge in [0, 0.05) is 70.9 Å². The predicted octanol–water partition coefficient (Wildman–Crippen LogP) is -0.516. The molecule has 1 aromatic carbocycles. The Balaban J connectivity index is 1.39. The zero-order valence-corrected chi connectivity index (χ0v) is 20.4. The second-order valence-corrected chi connectivity index (χ2v) is 13.0. The van der Waals surface area contributed by atoms with Crippen LogP contribution < -0.4 is 0 Å². The minimum Gasteiger partial charge on any atom is -0.340 e. The molecule has 0 aromatic heterocycles. The number of nitrogens with zero attached hydrogens (tertiary/aromatic N) is 4. The smallest absolute Gasteiger partial charge is 0.253 e. The van der Waals surface area contributed by atoms with Gasteiger partial charge < -0.3 is 9.80 Å². The first-order valence-electron chi connectivity index (χ1n) is 11.2. The van der Waals surface area contributed by atoms with Crippen molar-refractivity contribution in [2.75, 3.05) is 63.9 Å². The third-order valence-corrected chi connectivity index (χ3v) is 10.4. The maximum absolute atomic E-state index is 13.1. The maximum Gasteiger partial charge on any atom is 0.253 e. The second-order valence-electron chi connectivity index (χ2n) is 8.82. The zero-order valence-electron chi connectivity index (χ0n) is 18.7. The molecule has 3 heterocycles. The summed E-state index contributed by atoms with van der Waals surface area (Å²) in [5.41, 5.74) is 0.315. The number of hydrogen-bond donors (Lipinski definition) is 0. The van der Waals surface area contributed by atoms with Crippen LogP contribution in [0.25, 0.3) is 0 Å². The van der Waals surface area contributed by atoms with Crippen molar-refractivity contribution >= 4 is 31.7 Å². The molecule has 3 aliphatic rings. The molecule has 0 bridgehead atoms. The van der Waals surface area contributed by atoms with Crippen LogP contribution in [0.1, 0.15) is 23.7 Å². The van der Waals surface area contributed by atoms with Crippen LogP contribution in [0.15, 0.2) is 29.2 Å². The number of amides is 2. The van der Waals surface area contributed by atoms with Gasteiger partial charge in [0.1, 0.15) is 0 Å². The number of piperazine rings is 2. The van der Waals surface area contributed by atoms with Crippen molar-refractivity contribution in [1.82, 2.24) is 19.0 Å². The highest BCUT2D eigenvalue weighted by Crippen LogP contribution is 2.22. The molecule has 0 unspecified atom stereocenters. The molecule has 182 valence electrons. The summed E-state index contributed by atoms with van der Waals surface area (Å²) < 4.78 is 51.1. The van der Waals surface area contributed by atoms with Crippen molar-refractivity contribution in [3.05, 3.63) is 29.8 Å². The average molecular weight is 499 g/mol. The van der Waals surface area contributed by atoms with Gasteiger partial charge in [0.2, 0.25) is 15.9 Å². The highest BCUT2D eigenvalue weighted by molar-refractivity contribution is 7.91. The van der Waals surface area contributed by atoms with Crippen LogP contribution in [0.3, 0.4) is 0 Å². The number of rotatable bonds is 4. The summed E-state index contributed by atoms with van der Waals surface area (Å²) in [6, 6.07) is 6.12. The van der Waals surface area contributed by atoms with Crippen LogP contribution in [0.2, 0.25) is 0 Å². The van der Waals surface area contributed by atoms with E-state index in [0.29, 0.717) is 51.3 Å². The first kappa shape index (κ1) is 24.1. The molecule has 2 amide bonds. The van der Waals surface area contributed by atoms with Gasteiger partial charge in [0.15, 0.2) is 9.84 Å².